The molecule has 0 radical (unpaired) electrons. The molecule has 3 N–H and O–H groups in total. The van der Waals surface area contributed by atoms with Gasteiger partial charge in [-0.05, 0) is 37.1 Å². The van der Waals surface area contributed by atoms with Gasteiger partial charge in [0.15, 0.2) is 5.69 Å². The van der Waals surface area contributed by atoms with Gasteiger partial charge in [0.25, 0.3) is 5.91 Å². The van der Waals surface area contributed by atoms with Crippen LogP contribution in [0.5, 0.6) is 5.75 Å². The van der Waals surface area contributed by atoms with Crippen molar-refractivity contribution in [3.05, 3.63) is 47.0 Å². The predicted octanol–water partition coefficient (Wildman–Crippen LogP) is 1.78. The number of amides is 1. The molecule has 0 spiro atoms. The standard InChI is InChI=1S/C17H21FN4O2/c18-12-3-5-13(6-4-12)24-10-2-1-8-20-17(23)16-14-11-19-9-7-15(14)21-22-16/h3-6,19H,1-2,7-11H2,(H,20,23)(H,21,22). The van der Waals surface area contributed by atoms with Crippen LogP contribution in [0.4, 0.5) is 4.39 Å². The molecule has 6 nitrogen and oxygen atoms in total. The minimum atomic E-state index is -0.277. The van der Waals surface area contributed by atoms with Crippen molar-refractivity contribution in [2.24, 2.45) is 0 Å². The highest BCUT2D eigenvalue weighted by atomic mass is 19.1. The van der Waals surface area contributed by atoms with E-state index < -0.39 is 0 Å². The average Bonchev–Trinajstić information content (AvgIpc) is 3.03. The monoisotopic (exact) mass is 332 g/mol. The molecule has 1 aliphatic heterocycles. The van der Waals surface area contributed by atoms with Gasteiger partial charge in [-0.25, -0.2) is 4.39 Å². The number of carbonyl (C=O) groups excluding carboxylic acids is 1. The highest BCUT2D eigenvalue weighted by Gasteiger charge is 2.20. The second kappa shape index (κ2) is 7.92. The van der Waals surface area contributed by atoms with E-state index in [1.54, 1.807) is 12.1 Å². The largest absolute Gasteiger partial charge is 0.494 e. The fourth-order valence-corrected chi connectivity index (χ4v) is 2.65. The molecule has 1 amide bonds. The second-order valence-corrected chi connectivity index (χ2v) is 5.72. The van der Waals surface area contributed by atoms with Crippen molar-refractivity contribution >= 4 is 5.91 Å². The summed E-state index contributed by atoms with van der Waals surface area (Å²) in [5.74, 6) is 0.229. The lowest BCUT2D eigenvalue weighted by molar-refractivity contribution is 0.0946. The normalized spacial score (nSPS) is 13.4. The van der Waals surface area contributed by atoms with Gasteiger partial charge in [-0.3, -0.25) is 9.89 Å². The minimum absolute atomic E-state index is 0.143. The van der Waals surface area contributed by atoms with Gasteiger partial charge < -0.3 is 15.4 Å². The molecule has 1 aromatic heterocycles. The van der Waals surface area contributed by atoms with E-state index in [4.69, 9.17) is 4.74 Å². The number of carbonyl (C=O) groups is 1. The summed E-state index contributed by atoms with van der Waals surface area (Å²) in [6, 6.07) is 5.95. The number of fused-ring (bicyclic) bond motifs is 1. The van der Waals surface area contributed by atoms with E-state index in [-0.39, 0.29) is 11.7 Å². The van der Waals surface area contributed by atoms with Crippen LogP contribution in [0.25, 0.3) is 0 Å². The summed E-state index contributed by atoms with van der Waals surface area (Å²) in [6.07, 6.45) is 2.48. The molecule has 1 aromatic carbocycles. The molecule has 7 heteroatoms. The molecule has 0 fully saturated rings. The lowest BCUT2D eigenvalue weighted by Crippen LogP contribution is -2.29. The first kappa shape index (κ1) is 16.4. The van der Waals surface area contributed by atoms with Gasteiger partial charge in [0.05, 0.1) is 6.61 Å². The summed E-state index contributed by atoms with van der Waals surface area (Å²) in [5, 5.41) is 13.2. The van der Waals surface area contributed by atoms with Crippen molar-refractivity contribution in [2.75, 3.05) is 19.7 Å². The van der Waals surface area contributed by atoms with E-state index in [1.807, 2.05) is 0 Å². The Morgan fingerprint density at radius 3 is 2.96 bits per heavy atom. The molecule has 0 saturated carbocycles. The van der Waals surface area contributed by atoms with E-state index >= 15 is 0 Å². The van der Waals surface area contributed by atoms with Crippen molar-refractivity contribution in [2.45, 2.75) is 25.8 Å². The topological polar surface area (TPSA) is 79.0 Å². The predicted molar refractivity (Wildman–Crippen MR) is 87.5 cm³/mol. The molecular weight excluding hydrogens is 311 g/mol. The molecule has 0 atom stereocenters. The molecule has 3 rings (SSSR count). The Hall–Kier alpha value is -2.41. The Morgan fingerprint density at radius 2 is 2.12 bits per heavy atom. The number of ether oxygens (including phenoxy) is 1. The van der Waals surface area contributed by atoms with E-state index in [9.17, 15) is 9.18 Å². The van der Waals surface area contributed by atoms with Crippen molar-refractivity contribution < 1.29 is 13.9 Å². The Bertz CT molecular complexity index is 684. The van der Waals surface area contributed by atoms with Gasteiger partial charge in [0.2, 0.25) is 0 Å². The first-order chi connectivity index (χ1) is 11.7. The van der Waals surface area contributed by atoms with E-state index in [0.29, 0.717) is 31.1 Å². The smallest absolute Gasteiger partial charge is 0.272 e. The molecular formula is C17H21FN4O2. The lowest BCUT2D eigenvalue weighted by atomic mass is 10.1. The summed E-state index contributed by atoms with van der Waals surface area (Å²) in [4.78, 5) is 12.2. The molecule has 1 aliphatic rings. The minimum Gasteiger partial charge on any atom is -0.494 e. The number of halogens is 1. The van der Waals surface area contributed by atoms with Gasteiger partial charge in [0.1, 0.15) is 11.6 Å². The van der Waals surface area contributed by atoms with Crippen LogP contribution < -0.4 is 15.4 Å². The van der Waals surface area contributed by atoms with Crippen LogP contribution in [0.2, 0.25) is 0 Å². The maximum Gasteiger partial charge on any atom is 0.272 e. The summed E-state index contributed by atoms with van der Waals surface area (Å²) >= 11 is 0. The maximum atomic E-state index is 12.8. The lowest BCUT2D eigenvalue weighted by Gasteiger charge is -2.12. The van der Waals surface area contributed by atoms with Crippen LogP contribution in [0.1, 0.15) is 34.6 Å². The van der Waals surface area contributed by atoms with Crippen LogP contribution >= 0.6 is 0 Å². The average molecular weight is 332 g/mol. The van der Waals surface area contributed by atoms with Gasteiger partial charge >= 0.3 is 0 Å². The van der Waals surface area contributed by atoms with Crippen LogP contribution in [0.3, 0.4) is 0 Å². The zero-order valence-corrected chi connectivity index (χ0v) is 13.4. The fraction of sp³-hybridized carbons (Fsp3) is 0.412. The molecule has 0 bridgehead atoms. The number of rotatable bonds is 7. The number of benzene rings is 1. The molecule has 128 valence electrons. The van der Waals surface area contributed by atoms with Crippen LogP contribution in [0.15, 0.2) is 24.3 Å². The van der Waals surface area contributed by atoms with Crippen molar-refractivity contribution in [1.29, 1.82) is 0 Å². The number of nitrogens with zero attached hydrogens (tertiary/aromatic N) is 1. The highest BCUT2D eigenvalue weighted by molar-refractivity contribution is 5.94. The SMILES string of the molecule is O=C(NCCCCOc1ccc(F)cc1)c1n[nH]c2c1CNCC2. The highest BCUT2D eigenvalue weighted by Crippen LogP contribution is 2.15. The molecule has 0 aliphatic carbocycles. The number of H-pyrrole nitrogens is 1. The Labute approximate surface area is 139 Å². The van der Waals surface area contributed by atoms with Gasteiger partial charge in [-0.1, -0.05) is 0 Å². The van der Waals surface area contributed by atoms with Crippen molar-refractivity contribution in [1.82, 2.24) is 20.8 Å². The number of aromatic amines is 1. The summed E-state index contributed by atoms with van der Waals surface area (Å²) in [6.45, 7) is 2.69. The van der Waals surface area contributed by atoms with Crippen molar-refractivity contribution in [3.8, 4) is 5.75 Å². The second-order valence-electron chi connectivity index (χ2n) is 5.72. The fourth-order valence-electron chi connectivity index (χ4n) is 2.65. The summed E-state index contributed by atoms with van der Waals surface area (Å²) in [7, 11) is 0. The van der Waals surface area contributed by atoms with Crippen LogP contribution in [0, 0.1) is 5.82 Å². The molecule has 2 heterocycles. The number of unbranched alkanes of at least 4 members (excludes halogenated alkanes) is 1. The summed E-state index contributed by atoms with van der Waals surface area (Å²) in [5.41, 5.74) is 2.50. The third-order valence-electron chi connectivity index (χ3n) is 3.96. The number of nitrogens with one attached hydrogen (secondary N) is 3. The Morgan fingerprint density at radius 1 is 1.29 bits per heavy atom. The number of hydrogen-bond donors (Lipinski definition) is 3. The maximum absolute atomic E-state index is 12.8. The van der Waals surface area contributed by atoms with Gasteiger partial charge in [-0.15, -0.1) is 0 Å². The Kier molecular flexibility index (Phi) is 5.43. The first-order valence-corrected chi connectivity index (χ1v) is 8.17. The first-order valence-electron chi connectivity index (χ1n) is 8.17. The van der Waals surface area contributed by atoms with E-state index in [0.717, 1.165) is 37.1 Å². The zero-order valence-electron chi connectivity index (χ0n) is 13.4. The molecule has 2 aromatic rings. The van der Waals surface area contributed by atoms with E-state index in [2.05, 4.69) is 20.8 Å². The third kappa shape index (κ3) is 4.11. The molecule has 0 saturated heterocycles. The molecule has 24 heavy (non-hydrogen) atoms. The number of hydrogen-bond acceptors (Lipinski definition) is 4. The quantitative estimate of drug-likeness (QED) is 0.676. The van der Waals surface area contributed by atoms with Crippen LogP contribution in [-0.4, -0.2) is 35.8 Å². The van der Waals surface area contributed by atoms with Gasteiger partial charge in [-0.2, -0.15) is 5.10 Å². The summed E-state index contributed by atoms with van der Waals surface area (Å²) < 4.78 is 18.3. The third-order valence-corrected chi connectivity index (χ3v) is 3.96. The van der Waals surface area contributed by atoms with Crippen LogP contribution in [-0.2, 0) is 13.0 Å². The van der Waals surface area contributed by atoms with Gasteiger partial charge in [0, 0.05) is 37.3 Å². The zero-order chi connectivity index (χ0) is 16.8. The van der Waals surface area contributed by atoms with Crippen molar-refractivity contribution in [3.63, 3.8) is 0 Å². The van der Waals surface area contributed by atoms with E-state index in [1.165, 1.54) is 12.1 Å². The number of aromatic nitrogens is 2. The Balaban J connectivity index is 1.35. The molecule has 0 unspecified atom stereocenters.